The molecule has 2 N–H and O–H groups in total. The summed E-state index contributed by atoms with van der Waals surface area (Å²) in [6.45, 7) is 3.76. The lowest BCUT2D eigenvalue weighted by Crippen LogP contribution is -2.37. The van der Waals surface area contributed by atoms with Crippen LogP contribution in [-0.4, -0.2) is 37.1 Å². The van der Waals surface area contributed by atoms with Gasteiger partial charge >= 0.3 is 0 Å². The Hall–Kier alpha value is -1.13. The van der Waals surface area contributed by atoms with Crippen LogP contribution in [0.1, 0.15) is 37.8 Å². The molecular formula is C16H24FN3. The van der Waals surface area contributed by atoms with Crippen LogP contribution >= 0.6 is 0 Å². The van der Waals surface area contributed by atoms with Crippen LogP contribution in [0.15, 0.2) is 18.2 Å². The molecule has 4 heteroatoms. The van der Waals surface area contributed by atoms with Crippen LogP contribution in [0.4, 0.5) is 10.1 Å². The van der Waals surface area contributed by atoms with Gasteiger partial charge in [-0.1, -0.05) is 12.1 Å². The van der Waals surface area contributed by atoms with Gasteiger partial charge in [-0.05, 0) is 44.9 Å². The first-order chi connectivity index (χ1) is 9.58. The summed E-state index contributed by atoms with van der Waals surface area (Å²) in [6, 6.07) is 6.33. The minimum atomic E-state index is -0.140. The molecule has 3 nitrogen and oxygen atoms in total. The Morgan fingerprint density at radius 2 is 2.00 bits per heavy atom. The zero-order chi connectivity index (χ0) is 14.3. The molecule has 3 unspecified atom stereocenters. The molecule has 2 aliphatic heterocycles. The number of rotatable bonds is 2. The number of benzene rings is 1. The lowest BCUT2D eigenvalue weighted by atomic mass is 10.0. The molecule has 0 spiro atoms. The maximum Gasteiger partial charge on any atom is 0.146 e. The van der Waals surface area contributed by atoms with Gasteiger partial charge in [0.15, 0.2) is 0 Å². The van der Waals surface area contributed by atoms with E-state index in [1.165, 1.54) is 12.8 Å². The number of nitrogens with zero attached hydrogens (tertiary/aromatic N) is 2. The Morgan fingerprint density at radius 1 is 1.25 bits per heavy atom. The normalized spacial score (nSPS) is 28.5. The number of halogens is 1. The molecule has 0 aromatic heterocycles. The third-order valence-electron chi connectivity index (χ3n) is 4.97. The summed E-state index contributed by atoms with van der Waals surface area (Å²) < 4.78 is 14.4. The molecule has 2 saturated heterocycles. The van der Waals surface area contributed by atoms with Crippen molar-refractivity contribution in [3.05, 3.63) is 29.6 Å². The van der Waals surface area contributed by atoms with Gasteiger partial charge in [-0.2, -0.15) is 0 Å². The van der Waals surface area contributed by atoms with Gasteiger partial charge in [-0.25, -0.2) is 4.39 Å². The first-order valence-electron chi connectivity index (χ1n) is 7.59. The van der Waals surface area contributed by atoms with Crippen molar-refractivity contribution in [3.63, 3.8) is 0 Å². The molecule has 2 aliphatic rings. The Morgan fingerprint density at radius 3 is 2.75 bits per heavy atom. The van der Waals surface area contributed by atoms with Gasteiger partial charge in [0, 0.05) is 31.2 Å². The number of fused-ring (bicyclic) bond motifs is 2. The van der Waals surface area contributed by atoms with Crippen LogP contribution in [0.5, 0.6) is 0 Å². The maximum absolute atomic E-state index is 14.4. The van der Waals surface area contributed by atoms with Crippen molar-refractivity contribution in [2.24, 2.45) is 5.73 Å². The van der Waals surface area contributed by atoms with Gasteiger partial charge in [0.25, 0.3) is 0 Å². The molecule has 1 aromatic rings. The van der Waals surface area contributed by atoms with Crippen LogP contribution in [0, 0.1) is 5.82 Å². The monoisotopic (exact) mass is 277 g/mol. The highest BCUT2D eigenvalue weighted by atomic mass is 19.1. The number of para-hydroxylation sites is 1. The summed E-state index contributed by atoms with van der Waals surface area (Å²) >= 11 is 0. The van der Waals surface area contributed by atoms with Gasteiger partial charge in [0.05, 0.1) is 5.69 Å². The van der Waals surface area contributed by atoms with E-state index < -0.39 is 0 Å². The minimum Gasteiger partial charge on any atom is -0.367 e. The molecule has 2 fully saturated rings. The molecule has 1 aromatic carbocycles. The average molecular weight is 277 g/mol. The summed E-state index contributed by atoms with van der Waals surface area (Å²) in [4.78, 5) is 4.70. The first kappa shape index (κ1) is 13.8. The molecule has 20 heavy (non-hydrogen) atoms. The number of nitrogens with two attached hydrogens (primary N) is 1. The number of hydrogen-bond donors (Lipinski definition) is 1. The highest BCUT2D eigenvalue weighted by Gasteiger charge is 2.35. The van der Waals surface area contributed by atoms with Crippen molar-refractivity contribution in [1.82, 2.24) is 4.90 Å². The Bertz CT molecular complexity index is 489. The molecule has 3 atom stereocenters. The molecule has 0 amide bonds. The van der Waals surface area contributed by atoms with Crippen LogP contribution in [-0.2, 0) is 0 Å². The standard InChI is InChI=1S/C16H24FN3/c1-11(18)14-4-3-5-15(17)16(14)20-9-8-12-6-7-13(10-20)19(12)2/h3-5,11-13H,6-10,18H2,1-2H3. The van der Waals surface area contributed by atoms with Crippen molar-refractivity contribution in [2.45, 2.75) is 44.3 Å². The largest absolute Gasteiger partial charge is 0.367 e. The number of anilines is 1. The number of likely N-dealkylation sites (N-methyl/N-ethyl adjacent to an activating group) is 1. The molecule has 0 radical (unpaired) electrons. The van der Waals surface area contributed by atoms with E-state index in [1.54, 1.807) is 12.1 Å². The van der Waals surface area contributed by atoms with Crippen LogP contribution in [0.3, 0.4) is 0 Å². The molecule has 0 saturated carbocycles. The van der Waals surface area contributed by atoms with E-state index in [0.717, 1.165) is 30.8 Å². The van der Waals surface area contributed by atoms with Crippen LogP contribution in [0.25, 0.3) is 0 Å². The van der Waals surface area contributed by atoms with E-state index in [-0.39, 0.29) is 11.9 Å². The topological polar surface area (TPSA) is 32.5 Å². The summed E-state index contributed by atoms with van der Waals surface area (Å²) in [5, 5.41) is 0. The fourth-order valence-corrected chi connectivity index (χ4v) is 3.74. The summed E-state index contributed by atoms with van der Waals surface area (Å²) in [5.41, 5.74) is 7.68. The average Bonchev–Trinajstić information content (AvgIpc) is 2.64. The van der Waals surface area contributed by atoms with E-state index >= 15 is 0 Å². The van der Waals surface area contributed by atoms with Gasteiger partial charge < -0.3 is 10.6 Å². The number of hydrogen-bond acceptors (Lipinski definition) is 3. The van der Waals surface area contributed by atoms with E-state index in [1.807, 2.05) is 13.0 Å². The van der Waals surface area contributed by atoms with E-state index in [2.05, 4.69) is 16.8 Å². The quantitative estimate of drug-likeness (QED) is 0.901. The van der Waals surface area contributed by atoms with Gasteiger partial charge in [0.1, 0.15) is 5.82 Å². The fourth-order valence-electron chi connectivity index (χ4n) is 3.74. The second-order valence-electron chi connectivity index (χ2n) is 6.25. The smallest absolute Gasteiger partial charge is 0.146 e. The molecule has 2 bridgehead atoms. The second kappa shape index (κ2) is 5.34. The maximum atomic E-state index is 14.4. The second-order valence-corrected chi connectivity index (χ2v) is 6.25. The van der Waals surface area contributed by atoms with Gasteiger partial charge in [-0.15, -0.1) is 0 Å². The lowest BCUT2D eigenvalue weighted by Gasteiger charge is -2.30. The predicted molar refractivity (Wildman–Crippen MR) is 80.4 cm³/mol. The molecular weight excluding hydrogens is 253 g/mol. The summed E-state index contributed by atoms with van der Waals surface area (Å²) in [7, 11) is 2.21. The zero-order valence-electron chi connectivity index (χ0n) is 12.3. The van der Waals surface area contributed by atoms with Gasteiger partial charge in [-0.3, -0.25) is 4.90 Å². The lowest BCUT2D eigenvalue weighted by molar-refractivity contribution is 0.254. The first-order valence-corrected chi connectivity index (χ1v) is 7.59. The molecule has 110 valence electrons. The molecule has 2 heterocycles. The Kier molecular flexibility index (Phi) is 3.69. The van der Waals surface area contributed by atoms with Crippen molar-refractivity contribution >= 4 is 5.69 Å². The molecule has 0 aliphatic carbocycles. The SMILES string of the molecule is CC(N)c1cccc(F)c1N1CCC2CCC(C1)N2C. The van der Waals surface area contributed by atoms with Crippen LogP contribution in [0.2, 0.25) is 0 Å². The summed E-state index contributed by atoms with van der Waals surface area (Å²) in [6.07, 6.45) is 3.62. The highest BCUT2D eigenvalue weighted by molar-refractivity contribution is 5.56. The molecule has 3 rings (SSSR count). The minimum absolute atomic E-state index is 0.139. The highest BCUT2D eigenvalue weighted by Crippen LogP contribution is 2.34. The Labute approximate surface area is 120 Å². The van der Waals surface area contributed by atoms with E-state index in [9.17, 15) is 4.39 Å². The van der Waals surface area contributed by atoms with E-state index in [4.69, 9.17) is 5.73 Å². The predicted octanol–water partition coefficient (Wildman–Crippen LogP) is 2.52. The summed E-state index contributed by atoms with van der Waals surface area (Å²) in [5.74, 6) is -0.139. The third kappa shape index (κ3) is 2.31. The van der Waals surface area contributed by atoms with Crippen molar-refractivity contribution in [3.8, 4) is 0 Å². The zero-order valence-corrected chi connectivity index (χ0v) is 12.3. The van der Waals surface area contributed by atoms with Crippen molar-refractivity contribution < 1.29 is 4.39 Å². The van der Waals surface area contributed by atoms with Crippen molar-refractivity contribution in [1.29, 1.82) is 0 Å². The van der Waals surface area contributed by atoms with E-state index in [0.29, 0.717) is 12.1 Å². The van der Waals surface area contributed by atoms with Gasteiger partial charge in [0.2, 0.25) is 0 Å². The Balaban J connectivity index is 1.93. The third-order valence-corrected chi connectivity index (χ3v) is 4.97. The van der Waals surface area contributed by atoms with Crippen LogP contribution < -0.4 is 10.6 Å². The fraction of sp³-hybridized carbons (Fsp3) is 0.625. The van der Waals surface area contributed by atoms with Crippen molar-refractivity contribution in [2.75, 3.05) is 25.0 Å².